The van der Waals surface area contributed by atoms with Crippen molar-refractivity contribution in [3.05, 3.63) is 112 Å². The Morgan fingerprint density at radius 1 is 0.894 bits per heavy atom. The number of halogens is 5. The van der Waals surface area contributed by atoms with Gasteiger partial charge in [0, 0.05) is 60.5 Å². The van der Waals surface area contributed by atoms with Gasteiger partial charge in [0.05, 0.1) is 5.56 Å². The van der Waals surface area contributed by atoms with E-state index in [-0.39, 0.29) is 11.8 Å². The number of alkyl halides is 3. The molecule has 47 heavy (non-hydrogen) atoms. The number of carbonyl (C=O) groups is 2. The van der Waals surface area contributed by atoms with Crippen LogP contribution in [0.2, 0.25) is 0 Å². The molecule has 0 unspecified atom stereocenters. The van der Waals surface area contributed by atoms with Crippen molar-refractivity contribution < 1.29 is 31.5 Å². The van der Waals surface area contributed by atoms with E-state index in [1.807, 2.05) is 19.2 Å². The van der Waals surface area contributed by atoms with Gasteiger partial charge in [-0.25, -0.2) is 13.8 Å². The van der Waals surface area contributed by atoms with Crippen molar-refractivity contribution in [2.24, 2.45) is 0 Å². The van der Waals surface area contributed by atoms with Crippen LogP contribution in [0.1, 0.15) is 70.5 Å². The van der Waals surface area contributed by atoms with Gasteiger partial charge in [0.1, 0.15) is 16.6 Å². The van der Waals surface area contributed by atoms with Crippen LogP contribution < -0.4 is 10.6 Å². The van der Waals surface area contributed by atoms with Gasteiger partial charge in [-0.1, -0.05) is 32.0 Å². The number of nitrogens with zero attached hydrogens (tertiary/aromatic N) is 2. The van der Waals surface area contributed by atoms with Crippen LogP contribution in [0, 0.1) is 18.6 Å². The molecule has 0 aliphatic carbocycles. The molecule has 3 aromatic carbocycles. The highest BCUT2D eigenvalue weighted by molar-refractivity contribution is 7.13. The number of benzene rings is 3. The highest BCUT2D eigenvalue weighted by Crippen LogP contribution is 2.29. The van der Waals surface area contributed by atoms with Crippen LogP contribution in [0.4, 0.5) is 22.0 Å². The summed E-state index contributed by atoms with van der Waals surface area (Å²) in [5.74, 6) is -1.45. The topological polar surface area (TPSA) is 74.3 Å². The molecule has 6 nitrogen and oxygen atoms in total. The van der Waals surface area contributed by atoms with Crippen molar-refractivity contribution in [3.8, 4) is 10.6 Å². The molecule has 0 bridgehead atoms. The van der Waals surface area contributed by atoms with E-state index in [0.717, 1.165) is 36.0 Å². The monoisotopic (exact) mass is 674 g/mol. The Morgan fingerprint density at radius 3 is 2.17 bits per heavy atom. The maximum atomic E-state index is 13.3. The summed E-state index contributed by atoms with van der Waals surface area (Å²) in [4.78, 5) is 32.4. The van der Waals surface area contributed by atoms with Crippen LogP contribution in [0.25, 0.3) is 10.6 Å². The van der Waals surface area contributed by atoms with E-state index < -0.39 is 23.4 Å². The van der Waals surface area contributed by atoms with E-state index in [1.165, 1.54) is 29.5 Å². The maximum absolute atomic E-state index is 13.3. The fourth-order valence-electron chi connectivity index (χ4n) is 4.71. The number of rotatable bonds is 13. The number of amides is 2. The van der Waals surface area contributed by atoms with E-state index in [2.05, 4.69) is 15.6 Å². The fraction of sp³-hybridized carbons (Fsp3) is 0.343. The summed E-state index contributed by atoms with van der Waals surface area (Å²) in [6, 6.07) is 13.8. The van der Waals surface area contributed by atoms with Gasteiger partial charge in [-0.2, -0.15) is 13.2 Å². The number of nitrogens with one attached hydrogen (secondary N) is 2. The van der Waals surface area contributed by atoms with Crippen molar-refractivity contribution in [1.29, 1.82) is 0 Å². The van der Waals surface area contributed by atoms with Gasteiger partial charge in [-0.05, 0) is 80.3 Å². The second-order valence-corrected chi connectivity index (χ2v) is 11.8. The van der Waals surface area contributed by atoms with Crippen LogP contribution in [0.5, 0.6) is 0 Å². The average Bonchev–Trinajstić information content (AvgIpc) is 3.57. The second kappa shape index (κ2) is 18.2. The number of hydrogen-bond acceptors (Lipinski definition) is 5. The van der Waals surface area contributed by atoms with E-state index in [4.69, 9.17) is 0 Å². The highest BCUT2D eigenvalue weighted by Gasteiger charge is 2.30. The molecule has 2 N–H and O–H groups in total. The molecule has 0 aliphatic heterocycles. The van der Waals surface area contributed by atoms with Gasteiger partial charge in [-0.3, -0.25) is 9.59 Å². The molecule has 2 amide bonds. The lowest BCUT2D eigenvalue weighted by Gasteiger charge is -2.22. The summed E-state index contributed by atoms with van der Waals surface area (Å²) in [5.41, 5.74) is 2.02. The third kappa shape index (κ3) is 12.2. The molecule has 1 aromatic heterocycles. The summed E-state index contributed by atoms with van der Waals surface area (Å²) in [6.45, 7) is 8.16. The van der Waals surface area contributed by atoms with Crippen molar-refractivity contribution in [2.75, 3.05) is 26.2 Å². The van der Waals surface area contributed by atoms with Gasteiger partial charge >= 0.3 is 6.18 Å². The smallest absolute Gasteiger partial charge is 0.352 e. The van der Waals surface area contributed by atoms with Gasteiger partial charge in [0.15, 0.2) is 0 Å². The average molecular weight is 675 g/mol. The van der Waals surface area contributed by atoms with Gasteiger partial charge in [-0.15, -0.1) is 11.3 Å². The summed E-state index contributed by atoms with van der Waals surface area (Å²) < 4.78 is 63.0. The molecule has 4 rings (SSSR count). The second-order valence-electron chi connectivity index (χ2n) is 10.9. The van der Waals surface area contributed by atoms with Crippen LogP contribution in [0.3, 0.4) is 0 Å². The first kappa shape index (κ1) is 37.3. The minimum absolute atomic E-state index is 0.111. The zero-order chi connectivity index (χ0) is 34.4. The number of thiazole rings is 1. The zero-order valence-electron chi connectivity index (χ0n) is 26.6. The third-order valence-electron chi connectivity index (χ3n) is 6.80. The number of carbonyl (C=O) groups excluding carboxylic acids is 2. The molecule has 252 valence electrons. The summed E-state index contributed by atoms with van der Waals surface area (Å²) in [7, 11) is 0. The summed E-state index contributed by atoms with van der Waals surface area (Å²) >= 11 is 1.43. The van der Waals surface area contributed by atoms with E-state index >= 15 is 0 Å². The Kier molecular flexibility index (Phi) is 14.5. The maximum Gasteiger partial charge on any atom is 0.416 e. The van der Waals surface area contributed by atoms with Crippen LogP contribution in [-0.2, 0) is 12.7 Å². The first-order valence-corrected chi connectivity index (χ1v) is 16.2. The van der Waals surface area contributed by atoms with Gasteiger partial charge < -0.3 is 15.5 Å². The minimum atomic E-state index is -4.37. The minimum Gasteiger partial charge on any atom is -0.352 e. The van der Waals surface area contributed by atoms with E-state index in [0.29, 0.717) is 67.0 Å². The molecule has 0 saturated heterocycles. The Balaban J connectivity index is 0.000000573. The van der Waals surface area contributed by atoms with E-state index in [1.54, 1.807) is 42.3 Å². The van der Waals surface area contributed by atoms with Crippen LogP contribution in [0.15, 0.2) is 72.2 Å². The van der Waals surface area contributed by atoms with Crippen molar-refractivity contribution in [2.45, 2.75) is 52.8 Å². The molecule has 1 heterocycles. The predicted octanol–water partition coefficient (Wildman–Crippen LogP) is 8.27. The van der Waals surface area contributed by atoms with Crippen LogP contribution in [-0.4, -0.2) is 47.9 Å². The lowest BCUT2D eigenvalue weighted by molar-refractivity contribution is -0.137. The number of hydrogen-bond donors (Lipinski definition) is 2. The molecule has 0 atom stereocenters. The van der Waals surface area contributed by atoms with E-state index in [9.17, 15) is 31.5 Å². The first-order valence-electron chi connectivity index (χ1n) is 15.3. The molecule has 0 radical (unpaired) electrons. The quantitative estimate of drug-likeness (QED) is 0.111. The normalized spacial score (nSPS) is 11.1. The molecule has 0 fully saturated rings. The molecule has 0 aliphatic rings. The van der Waals surface area contributed by atoms with Crippen molar-refractivity contribution in [1.82, 2.24) is 20.5 Å². The molecule has 4 aromatic rings. The molecular weight excluding hydrogens is 635 g/mol. The highest BCUT2D eigenvalue weighted by atomic mass is 32.1. The van der Waals surface area contributed by atoms with Gasteiger partial charge in [0.2, 0.25) is 0 Å². The van der Waals surface area contributed by atoms with Gasteiger partial charge in [0.25, 0.3) is 11.8 Å². The summed E-state index contributed by atoms with van der Waals surface area (Å²) in [6.07, 6.45) is -0.420. The first-order chi connectivity index (χ1) is 22.4. The molecule has 0 spiro atoms. The predicted molar refractivity (Wildman–Crippen MR) is 175 cm³/mol. The van der Waals surface area contributed by atoms with Crippen molar-refractivity contribution >= 4 is 23.2 Å². The van der Waals surface area contributed by atoms with Crippen molar-refractivity contribution in [3.63, 3.8) is 0 Å². The largest absolute Gasteiger partial charge is 0.416 e. The molecule has 12 heteroatoms. The SMILES string of the molecule is CCCN(CCC)C(=O)c1cc(C(=O)NCCCNCc2cccc(C(F)(F)F)c2)cc(-c2nccs2)c1.Cc1cc(F)cc(F)c1. The molecular formula is C35H39F5N4O2S. The Labute approximate surface area is 276 Å². The number of aryl methyl sites for hydroxylation is 1. The lowest BCUT2D eigenvalue weighted by Crippen LogP contribution is -2.33. The zero-order valence-corrected chi connectivity index (χ0v) is 27.4. The molecule has 0 saturated carbocycles. The Hall–Kier alpha value is -4.16. The Morgan fingerprint density at radius 2 is 1.57 bits per heavy atom. The third-order valence-corrected chi connectivity index (χ3v) is 7.62. The summed E-state index contributed by atoms with van der Waals surface area (Å²) in [5, 5.41) is 8.55. The number of aromatic nitrogens is 1. The Bertz CT molecular complexity index is 1540. The standard InChI is InChI=1S/C28H33F3N4O2S.C7H6F2/c1-3-12-35(13-4-2)27(37)23-17-21(16-22(18-23)26-34-11-14-38-26)25(36)33-10-6-9-32-19-20-7-5-8-24(15-20)28(29,30)31;1-5-2-6(8)4-7(9)3-5/h5,7-8,11,14-18,32H,3-4,6,9-10,12-13,19H2,1-2H3,(H,33,36);2-4H,1H3. The fourth-order valence-corrected chi connectivity index (χ4v) is 5.33. The lowest BCUT2D eigenvalue weighted by atomic mass is 10.0. The van der Waals surface area contributed by atoms with Crippen LogP contribution >= 0.6 is 11.3 Å².